The molecule has 1 fully saturated rings. The van der Waals surface area contributed by atoms with E-state index in [1.54, 1.807) is 0 Å². The number of carboxylic acid groups (broad SMARTS) is 1. The highest BCUT2D eigenvalue weighted by Crippen LogP contribution is 2.08. The van der Waals surface area contributed by atoms with Gasteiger partial charge in [-0.05, 0) is 0 Å². The molecule has 1 atom stereocenters. The summed E-state index contributed by atoms with van der Waals surface area (Å²) >= 11 is 0. The molecule has 0 aromatic rings. The third-order valence-corrected chi connectivity index (χ3v) is 1.35. The number of likely N-dealkylation sites (tertiary alicyclic amines) is 1. The largest absolute Gasteiger partial charge is 0.465 e. The van der Waals surface area contributed by atoms with Crippen LogP contribution in [0.5, 0.6) is 0 Å². The average molecular weight is 147 g/mol. The van der Waals surface area contributed by atoms with E-state index >= 15 is 0 Å². The summed E-state index contributed by atoms with van der Waals surface area (Å²) in [5, 5.41) is 8.26. The molecule has 0 saturated carbocycles. The van der Waals surface area contributed by atoms with Crippen LogP contribution in [-0.2, 0) is 4.79 Å². The van der Waals surface area contributed by atoms with Crippen LogP contribution in [0, 0.1) is 0 Å². The molecule has 5 heteroatoms. The Hall–Kier alpha value is -1.13. The quantitative estimate of drug-likeness (QED) is 0.520. The second kappa shape index (κ2) is 2.24. The maximum absolute atomic E-state index is 12.3. The van der Waals surface area contributed by atoms with Crippen LogP contribution >= 0.6 is 0 Å². The van der Waals surface area contributed by atoms with Crippen molar-refractivity contribution in [3.8, 4) is 0 Å². The van der Waals surface area contributed by atoms with Gasteiger partial charge in [0.1, 0.15) is 0 Å². The van der Waals surface area contributed by atoms with Gasteiger partial charge in [-0.25, -0.2) is 9.18 Å². The summed E-state index contributed by atoms with van der Waals surface area (Å²) in [7, 11) is 0. The van der Waals surface area contributed by atoms with E-state index in [1.807, 2.05) is 0 Å². The Balaban J connectivity index is 2.57. The first-order valence-electron chi connectivity index (χ1n) is 2.76. The summed E-state index contributed by atoms with van der Waals surface area (Å²) in [6.07, 6.45) is -2.86. The summed E-state index contributed by atoms with van der Waals surface area (Å²) in [5.41, 5.74) is 0. The van der Waals surface area contributed by atoms with Crippen LogP contribution in [0.25, 0.3) is 0 Å². The van der Waals surface area contributed by atoms with Gasteiger partial charge in [-0.3, -0.25) is 9.69 Å². The molecule has 0 radical (unpaired) electrons. The summed E-state index contributed by atoms with van der Waals surface area (Å²) in [6, 6.07) is 0. The highest BCUT2D eigenvalue weighted by molar-refractivity contribution is 5.90. The van der Waals surface area contributed by atoms with Gasteiger partial charge in [0.25, 0.3) is 0 Å². The lowest BCUT2D eigenvalue weighted by Crippen LogP contribution is -2.27. The van der Waals surface area contributed by atoms with Gasteiger partial charge in [-0.15, -0.1) is 0 Å². The standard InChI is InChI=1S/C5H6FNO3/c6-3-1-7(5(9)10)2-4(3)8/h3H,1-2H2,(H,9,10). The first kappa shape index (κ1) is 6.98. The molecule has 1 rings (SSSR count). The minimum absolute atomic E-state index is 0.309. The lowest BCUT2D eigenvalue weighted by molar-refractivity contribution is -0.120. The third-order valence-electron chi connectivity index (χ3n) is 1.35. The molecule has 0 spiro atoms. The van der Waals surface area contributed by atoms with Crippen LogP contribution in [0.2, 0.25) is 0 Å². The lowest BCUT2D eigenvalue weighted by Gasteiger charge is -2.06. The summed E-state index contributed by atoms with van der Waals surface area (Å²) in [4.78, 5) is 21.3. The van der Waals surface area contributed by atoms with Crippen LogP contribution in [0.1, 0.15) is 0 Å². The molecule has 1 amide bonds. The van der Waals surface area contributed by atoms with Crippen LogP contribution in [-0.4, -0.2) is 41.1 Å². The van der Waals surface area contributed by atoms with E-state index < -0.39 is 18.0 Å². The number of carbonyl (C=O) groups is 2. The highest BCUT2D eigenvalue weighted by atomic mass is 19.1. The molecule has 0 aromatic heterocycles. The lowest BCUT2D eigenvalue weighted by atomic mass is 10.3. The van der Waals surface area contributed by atoms with E-state index in [0.717, 1.165) is 4.90 Å². The summed E-state index contributed by atoms with van der Waals surface area (Å²) in [6.45, 7) is -0.620. The number of alkyl halides is 1. The molecular formula is C5H6FNO3. The summed E-state index contributed by atoms with van der Waals surface area (Å²) in [5.74, 6) is -0.651. The van der Waals surface area contributed by atoms with Crippen molar-refractivity contribution in [1.82, 2.24) is 4.90 Å². The number of hydrogen-bond donors (Lipinski definition) is 1. The number of carbonyl (C=O) groups excluding carboxylic acids is 1. The van der Waals surface area contributed by atoms with Crippen LogP contribution in [0.4, 0.5) is 9.18 Å². The van der Waals surface area contributed by atoms with Crippen molar-refractivity contribution >= 4 is 11.9 Å². The Labute approximate surface area is 56.2 Å². The van der Waals surface area contributed by atoms with Crippen LogP contribution in [0.3, 0.4) is 0 Å². The van der Waals surface area contributed by atoms with E-state index in [2.05, 4.69) is 0 Å². The number of nitrogens with zero attached hydrogens (tertiary/aromatic N) is 1. The Bertz CT molecular complexity index is 182. The van der Waals surface area contributed by atoms with Crippen LogP contribution in [0.15, 0.2) is 0 Å². The monoisotopic (exact) mass is 147 g/mol. The topological polar surface area (TPSA) is 57.6 Å². The molecule has 10 heavy (non-hydrogen) atoms. The van der Waals surface area contributed by atoms with Gasteiger partial charge in [-0.1, -0.05) is 0 Å². The van der Waals surface area contributed by atoms with Gasteiger partial charge in [0, 0.05) is 0 Å². The van der Waals surface area contributed by atoms with Crippen molar-refractivity contribution in [2.24, 2.45) is 0 Å². The Morgan fingerprint density at radius 2 is 2.40 bits per heavy atom. The number of ketones is 1. The molecule has 0 aromatic carbocycles. The molecule has 0 aliphatic carbocycles. The molecule has 1 heterocycles. The minimum atomic E-state index is -1.61. The fourth-order valence-electron chi connectivity index (χ4n) is 0.793. The van der Waals surface area contributed by atoms with Crippen LogP contribution < -0.4 is 0 Å². The number of rotatable bonds is 0. The van der Waals surface area contributed by atoms with Crippen molar-refractivity contribution in [3.05, 3.63) is 0 Å². The van der Waals surface area contributed by atoms with E-state index in [9.17, 15) is 14.0 Å². The molecule has 1 aliphatic rings. The molecule has 56 valence electrons. The molecular weight excluding hydrogens is 141 g/mol. The maximum atomic E-state index is 12.3. The SMILES string of the molecule is O=C1CN(C(=O)O)CC1F. The first-order chi connectivity index (χ1) is 4.61. The van der Waals surface area contributed by atoms with Crippen molar-refractivity contribution in [2.45, 2.75) is 6.17 Å². The van der Waals surface area contributed by atoms with E-state index in [4.69, 9.17) is 5.11 Å². The van der Waals surface area contributed by atoms with Crippen molar-refractivity contribution in [1.29, 1.82) is 0 Å². The zero-order valence-corrected chi connectivity index (χ0v) is 5.08. The molecule has 1 aliphatic heterocycles. The molecule has 4 nitrogen and oxygen atoms in total. The molecule has 1 N–H and O–H groups in total. The maximum Gasteiger partial charge on any atom is 0.407 e. The van der Waals surface area contributed by atoms with E-state index in [0.29, 0.717) is 0 Å². The molecule has 0 bridgehead atoms. The normalized spacial score (nSPS) is 25.5. The predicted molar refractivity (Wildman–Crippen MR) is 29.5 cm³/mol. The second-order valence-electron chi connectivity index (χ2n) is 2.10. The molecule has 1 unspecified atom stereocenters. The van der Waals surface area contributed by atoms with E-state index in [1.165, 1.54) is 0 Å². The number of halogens is 1. The van der Waals surface area contributed by atoms with Gasteiger partial charge in [0.15, 0.2) is 12.0 Å². The molecule has 1 saturated heterocycles. The van der Waals surface area contributed by atoms with Gasteiger partial charge in [0.2, 0.25) is 0 Å². The zero-order chi connectivity index (χ0) is 7.72. The fourth-order valence-corrected chi connectivity index (χ4v) is 0.793. The van der Waals surface area contributed by atoms with Crippen molar-refractivity contribution < 1.29 is 19.1 Å². The van der Waals surface area contributed by atoms with Crippen molar-refractivity contribution in [2.75, 3.05) is 13.1 Å². The van der Waals surface area contributed by atoms with Gasteiger partial charge >= 0.3 is 6.09 Å². The predicted octanol–water partition coefficient (Wildman–Crippen LogP) is -0.113. The number of hydrogen-bond acceptors (Lipinski definition) is 2. The van der Waals surface area contributed by atoms with Gasteiger partial charge in [-0.2, -0.15) is 0 Å². The number of amides is 1. The Kier molecular flexibility index (Phi) is 1.57. The average Bonchev–Trinajstić information content (AvgIpc) is 2.13. The van der Waals surface area contributed by atoms with Crippen molar-refractivity contribution in [3.63, 3.8) is 0 Å². The second-order valence-corrected chi connectivity index (χ2v) is 2.10. The van der Waals surface area contributed by atoms with E-state index in [-0.39, 0.29) is 13.1 Å². The Morgan fingerprint density at radius 1 is 1.80 bits per heavy atom. The first-order valence-corrected chi connectivity index (χ1v) is 2.76. The zero-order valence-electron chi connectivity index (χ0n) is 5.08. The highest BCUT2D eigenvalue weighted by Gasteiger charge is 2.33. The van der Waals surface area contributed by atoms with Gasteiger partial charge in [0.05, 0.1) is 13.1 Å². The van der Waals surface area contributed by atoms with Gasteiger partial charge < -0.3 is 5.11 Å². The minimum Gasteiger partial charge on any atom is -0.465 e. The fraction of sp³-hybridized carbons (Fsp3) is 0.600. The third kappa shape index (κ3) is 1.07. The Morgan fingerprint density at radius 3 is 2.60 bits per heavy atom. The number of Topliss-reactive ketones (excluding diaryl/α,β-unsaturated/α-hetero) is 1. The smallest absolute Gasteiger partial charge is 0.407 e. The summed E-state index contributed by atoms with van der Waals surface area (Å²) < 4.78 is 12.3.